The van der Waals surface area contributed by atoms with Crippen LogP contribution >= 0.6 is 0 Å². The van der Waals surface area contributed by atoms with E-state index in [2.05, 4.69) is 17.4 Å². The monoisotopic (exact) mass is 284 g/mol. The Balaban J connectivity index is 1.60. The van der Waals surface area contributed by atoms with Crippen molar-refractivity contribution in [2.45, 2.75) is 12.8 Å². The van der Waals surface area contributed by atoms with Crippen molar-refractivity contribution in [1.82, 2.24) is 5.32 Å². The third-order valence-corrected chi connectivity index (χ3v) is 3.06. The van der Waals surface area contributed by atoms with Crippen LogP contribution in [0.25, 0.3) is 0 Å². The number of hydrogen-bond acceptors (Lipinski definition) is 3. The fourth-order valence-electron chi connectivity index (χ4n) is 1.90. The van der Waals surface area contributed by atoms with Crippen LogP contribution in [0.1, 0.15) is 12.0 Å². The maximum atomic E-state index is 11.7. The molecule has 0 unspecified atom stereocenters. The first-order chi connectivity index (χ1) is 10.2. The van der Waals surface area contributed by atoms with Gasteiger partial charge in [0.2, 0.25) is 5.91 Å². The standard InChI is InChI=1S/C17H20N2O2/c18-15-6-8-16(9-7-15)21-13-11-17(20)19-12-10-14-4-2-1-3-5-14/h1-9H,10-13,18H2,(H,19,20). The summed E-state index contributed by atoms with van der Waals surface area (Å²) in [5, 5.41) is 2.89. The lowest BCUT2D eigenvalue weighted by molar-refractivity contribution is -0.121. The minimum atomic E-state index is 0.00127. The normalized spacial score (nSPS) is 10.1. The molecule has 2 aromatic rings. The maximum absolute atomic E-state index is 11.7. The van der Waals surface area contributed by atoms with Gasteiger partial charge in [0.05, 0.1) is 13.0 Å². The Morgan fingerprint density at radius 3 is 2.48 bits per heavy atom. The van der Waals surface area contributed by atoms with Crippen LogP contribution in [0.3, 0.4) is 0 Å². The Morgan fingerprint density at radius 2 is 1.76 bits per heavy atom. The number of benzene rings is 2. The molecule has 0 aromatic heterocycles. The van der Waals surface area contributed by atoms with Gasteiger partial charge < -0.3 is 15.8 Å². The summed E-state index contributed by atoms with van der Waals surface area (Å²) in [6.07, 6.45) is 1.19. The van der Waals surface area contributed by atoms with Crippen LogP contribution < -0.4 is 15.8 Å². The Hall–Kier alpha value is -2.49. The fraction of sp³-hybridized carbons (Fsp3) is 0.235. The van der Waals surface area contributed by atoms with Crippen LogP contribution in [0.15, 0.2) is 54.6 Å². The Labute approximate surface area is 124 Å². The summed E-state index contributed by atoms with van der Waals surface area (Å²) >= 11 is 0. The van der Waals surface area contributed by atoms with Gasteiger partial charge in [-0.3, -0.25) is 4.79 Å². The zero-order valence-electron chi connectivity index (χ0n) is 11.9. The summed E-state index contributed by atoms with van der Waals surface area (Å²) in [4.78, 5) is 11.7. The number of nitrogen functional groups attached to an aromatic ring is 1. The second-order valence-electron chi connectivity index (χ2n) is 4.75. The van der Waals surface area contributed by atoms with E-state index in [1.807, 2.05) is 18.2 Å². The molecule has 0 aliphatic carbocycles. The lowest BCUT2D eigenvalue weighted by atomic mass is 10.1. The van der Waals surface area contributed by atoms with Crippen molar-refractivity contribution in [3.05, 3.63) is 60.2 Å². The molecule has 0 bridgehead atoms. The van der Waals surface area contributed by atoms with Gasteiger partial charge in [-0.15, -0.1) is 0 Å². The summed E-state index contributed by atoms with van der Waals surface area (Å²) in [6, 6.07) is 17.2. The van der Waals surface area contributed by atoms with E-state index in [4.69, 9.17) is 10.5 Å². The Bertz CT molecular complexity index is 553. The quantitative estimate of drug-likeness (QED) is 0.767. The van der Waals surface area contributed by atoms with Crippen LogP contribution in [0.5, 0.6) is 5.75 Å². The highest BCUT2D eigenvalue weighted by Gasteiger charge is 2.02. The minimum absolute atomic E-state index is 0.00127. The number of nitrogens with two attached hydrogens (primary N) is 1. The van der Waals surface area contributed by atoms with E-state index in [-0.39, 0.29) is 5.91 Å². The zero-order valence-corrected chi connectivity index (χ0v) is 11.9. The Kier molecular flexibility index (Phi) is 5.64. The molecule has 2 rings (SSSR count). The SMILES string of the molecule is Nc1ccc(OCCC(=O)NCCc2ccccc2)cc1. The number of amides is 1. The predicted molar refractivity (Wildman–Crippen MR) is 84.1 cm³/mol. The highest BCUT2D eigenvalue weighted by molar-refractivity contribution is 5.75. The molecule has 0 aliphatic rings. The van der Waals surface area contributed by atoms with Gasteiger partial charge in [0.1, 0.15) is 5.75 Å². The molecule has 0 radical (unpaired) electrons. The molecule has 3 N–H and O–H groups in total. The molecular weight excluding hydrogens is 264 g/mol. The molecule has 0 spiro atoms. The molecule has 0 saturated heterocycles. The summed E-state index contributed by atoms with van der Waals surface area (Å²) in [7, 11) is 0. The third kappa shape index (κ3) is 5.57. The first kappa shape index (κ1) is 14.9. The average molecular weight is 284 g/mol. The topological polar surface area (TPSA) is 64.3 Å². The number of carbonyl (C=O) groups excluding carboxylic acids is 1. The fourth-order valence-corrected chi connectivity index (χ4v) is 1.90. The van der Waals surface area contributed by atoms with Gasteiger partial charge in [-0.25, -0.2) is 0 Å². The molecule has 4 nitrogen and oxygen atoms in total. The van der Waals surface area contributed by atoms with E-state index < -0.39 is 0 Å². The molecule has 0 atom stereocenters. The number of hydrogen-bond donors (Lipinski definition) is 2. The van der Waals surface area contributed by atoms with E-state index in [1.54, 1.807) is 24.3 Å². The lowest BCUT2D eigenvalue weighted by Gasteiger charge is -2.07. The van der Waals surface area contributed by atoms with Crippen molar-refractivity contribution in [3.8, 4) is 5.75 Å². The van der Waals surface area contributed by atoms with Gasteiger partial charge >= 0.3 is 0 Å². The highest BCUT2D eigenvalue weighted by atomic mass is 16.5. The second-order valence-corrected chi connectivity index (χ2v) is 4.75. The first-order valence-electron chi connectivity index (χ1n) is 7.03. The van der Waals surface area contributed by atoms with Crippen LogP contribution in [-0.4, -0.2) is 19.1 Å². The minimum Gasteiger partial charge on any atom is -0.493 e. The summed E-state index contributed by atoms with van der Waals surface area (Å²) in [6.45, 7) is 1.01. The van der Waals surface area contributed by atoms with Gasteiger partial charge in [-0.1, -0.05) is 30.3 Å². The van der Waals surface area contributed by atoms with E-state index >= 15 is 0 Å². The molecule has 2 aromatic carbocycles. The Morgan fingerprint density at radius 1 is 1.05 bits per heavy atom. The van der Waals surface area contributed by atoms with E-state index in [9.17, 15) is 4.79 Å². The number of rotatable bonds is 7. The molecule has 1 amide bonds. The van der Waals surface area contributed by atoms with Crippen molar-refractivity contribution < 1.29 is 9.53 Å². The molecule has 4 heteroatoms. The van der Waals surface area contributed by atoms with Crippen molar-refractivity contribution in [3.63, 3.8) is 0 Å². The maximum Gasteiger partial charge on any atom is 0.223 e. The van der Waals surface area contributed by atoms with Crippen molar-refractivity contribution in [1.29, 1.82) is 0 Å². The molecule has 0 saturated carbocycles. The zero-order chi connectivity index (χ0) is 14.9. The molecule has 0 fully saturated rings. The molecule has 21 heavy (non-hydrogen) atoms. The smallest absolute Gasteiger partial charge is 0.223 e. The van der Waals surface area contributed by atoms with Crippen molar-refractivity contribution >= 4 is 11.6 Å². The second kappa shape index (κ2) is 7.94. The van der Waals surface area contributed by atoms with Gasteiger partial charge in [-0.05, 0) is 36.2 Å². The first-order valence-corrected chi connectivity index (χ1v) is 7.03. The number of anilines is 1. The lowest BCUT2D eigenvalue weighted by Crippen LogP contribution is -2.27. The van der Waals surface area contributed by atoms with Crippen LogP contribution in [0.2, 0.25) is 0 Å². The van der Waals surface area contributed by atoms with Gasteiger partial charge in [0, 0.05) is 12.2 Å². The van der Waals surface area contributed by atoms with Crippen LogP contribution in [-0.2, 0) is 11.2 Å². The average Bonchev–Trinajstić information content (AvgIpc) is 2.50. The highest BCUT2D eigenvalue weighted by Crippen LogP contribution is 2.13. The van der Waals surface area contributed by atoms with Crippen molar-refractivity contribution in [2.24, 2.45) is 0 Å². The van der Waals surface area contributed by atoms with Gasteiger partial charge in [0.15, 0.2) is 0 Å². The number of carbonyl (C=O) groups is 1. The van der Waals surface area contributed by atoms with Gasteiger partial charge in [0.25, 0.3) is 0 Å². The van der Waals surface area contributed by atoms with Gasteiger partial charge in [-0.2, -0.15) is 0 Å². The van der Waals surface area contributed by atoms with E-state index in [1.165, 1.54) is 5.56 Å². The number of nitrogens with one attached hydrogen (secondary N) is 1. The number of ether oxygens (including phenoxy) is 1. The molecule has 0 heterocycles. The predicted octanol–water partition coefficient (Wildman–Crippen LogP) is 2.40. The summed E-state index contributed by atoms with van der Waals surface area (Å²) in [5.74, 6) is 0.725. The van der Waals surface area contributed by atoms with Crippen LogP contribution in [0, 0.1) is 0 Å². The molecule has 110 valence electrons. The van der Waals surface area contributed by atoms with E-state index in [0.29, 0.717) is 25.3 Å². The molecule has 0 aliphatic heterocycles. The summed E-state index contributed by atoms with van der Waals surface area (Å²) < 4.78 is 5.48. The summed E-state index contributed by atoms with van der Waals surface area (Å²) in [5.41, 5.74) is 7.50. The third-order valence-electron chi connectivity index (χ3n) is 3.06. The largest absolute Gasteiger partial charge is 0.493 e. The van der Waals surface area contributed by atoms with E-state index in [0.717, 1.165) is 12.2 Å². The van der Waals surface area contributed by atoms with Crippen LogP contribution in [0.4, 0.5) is 5.69 Å². The molecular formula is C17H20N2O2. The van der Waals surface area contributed by atoms with Crippen molar-refractivity contribution in [2.75, 3.05) is 18.9 Å².